The zero-order valence-corrected chi connectivity index (χ0v) is 29.5. The van der Waals surface area contributed by atoms with E-state index < -0.39 is 96.1 Å². The highest BCUT2D eigenvalue weighted by Gasteiger charge is 2.46. The standard InChI is InChI=1S/C34H51N7O11/c1-4-22-33(51)41-15-20(44)13-24(41)31(49)39-26(28(46)27(45)18-7-9-19(43)10-8-18)32(50)38-25(17(3)42)34(52)40-14-16(2)12-23(40)30(48)36-11-5-6-21(35)29(47)37-22/h7-10,16-17,20-28,42-46H,4-6,11-15,35H2,1-3H3,(H,36,48)(H,37,47)(H,38,50)(H,39,49)/t16-,17-,20-,21+,22+,23+,24+,25+,26+,27+,28+/m1/s1. The molecular weight excluding hydrogens is 682 g/mol. The molecule has 0 bridgehead atoms. The van der Waals surface area contributed by atoms with E-state index in [2.05, 4.69) is 21.3 Å². The first-order valence-corrected chi connectivity index (χ1v) is 17.6. The van der Waals surface area contributed by atoms with Crippen LogP contribution >= 0.6 is 0 Å². The number of nitrogens with two attached hydrogens (primary N) is 1. The second-order valence-corrected chi connectivity index (χ2v) is 14.0. The van der Waals surface area contributed by atoms with Gasteiger partial charge in [-0.3, -0.25) is 28.8 Å². The van der Waals surface area contributed by atoms with E-state index in [0.717, 1.165) is 4.90 Å². The zero-order valence-electron chi connectivity index (χ0n) is 29.5. The number of nitrogens with zero attached hydrogens (tertiary/aromatic N) is 2. The van der Waals surface area contributed by atoms with Crippen molar-refractivity contribution in [3.05, 3.63) is 29.8 Å². The highest BCUT2D eigenvalue weighted by Crippen LogP contribution is 2.26. The van der Waals surface area contributed by atoms with E-state index in [4.69, 9.17) is 5.73 Å². The molecule has 288 valence electrons. The second kappa shape index (κ2) is 17.4. The molecule has 0 aliphatic carbocycles. The van der Waals surface area contributed by atoms with Gasteiger partial charge in [0.2, 0.25) is 35.4 Å². The van der Waals surface area contributed by atoms with Crippen LogP contribution < -0.4 is 27.0 Å². The molecule has 18 heteroatoms. The first-order valence-electron chi connectivity index (χ1n) is 17.6. The van der Waals surface area contributed by atoms with E-state index >= 15 is 0 Å². The number of carbonyl (C=O) groups excluding carboxylic acids is 6. The van der Waals surface area contributed by atoms with Gasteiger partial charge in [-0.05, 0) is 56.2 Å². The predicted octanol–water partition coefficient (Wildman–Crippen LogP) is -3.53. The number of phenolic OH excluding ortho intramolecular Hbond substituents is 1. The normalized spacial score (nSPS) is 32.0. The summed E-state index contributed by atoms with van der Waals surface area (Å²) in [4.78, 5) is 84.1. The van der Waals surface area contributed by atoms with Gasteiger partial charge in [-0.1, -0.05) is 26.0 Å². The van der Waals surface area contributed by atoms with Gasteiger partial charge < -0.3 is 62.3 Å². The van der Waals surface area contributed by atoms with Crippen molar-refractivity contribution >= 4 is 35.4 Å². The molecule has 1 aromatic carbocycles. The number of amides is 6. The molecular formula is C34H51N7O11. The lowest BCUT2D eigenvalue weighted by atomic mass is 9.96. The van der Waals surface area contributed by atoms with Gasteiger partial charge >= 0.3 is 0 Å². The van der Waals surface area contributed by atoms with Crippen LogP contribution in [0.4, 0.5) is 0 Å². The van der Waals surface area contributed by atoms with Crippen molar-refractivity contribution in [3.63, 3.8) is 0 Å². The van der Waals surface area contributed by atoms with E-state index in [0.29, 0.717) is 0 Å². The summed E-state index contributed by atoms with van der Waals surface area (Å²) >= 11 is 0. The van der Waals surface area contributed by atoms with E-state index in [1.807, 2.05) is 6.92 Å². The number of aliphatic hydroxyl groups is 4. The van der Waals surface area contributed by atoms with Crippen molar-refractivity contribution in [1.29, 1.82) is 0 Å². The summed E-state index contributed by atoms with van der Waals surface area (Å²) in [6, 6.07) is -3.19. The number of hydrogen-bond donors (Lipinski definition) is 10. The molecule has 0 aromatic heterocycles. The molecule has 1 aromatic rings. The Morgan fingerprint density at radius 1 is 0.827 bits per heavy atom. The number of rotatable bonds is 5. The van der Waals surface area contributed by atoms with E-state index in [-0.39, 0.29) is 69.0 Å². The van der Waals surface area contributed by atoms with Crippen molar-refractivity contribution in [2.45, 2.75) is 114 Å². The molecule has 3 fully saturated rings. The second-order valence-electron chi connectivity index (χ2n) is 14.0. The molecule has 3 heterocycles. The quantitative estimate of drug-likeness (QED) is 0.141. The molecule has 11 atom stereocenters. The Kier molecular flexibility index (Phi) is 13.6. The van der Waals surface area contributed by atoms with Crippen molar-refractivity contribution in [2.75, 3.05) is 19.6 Å². The SMILES string of the molecule is CC[C@@H]1NC(=O)[C@@H](N)CCCNC(=O)[C@@H]2C[C@@H](C)CN2C(=O)[C@H]([C@@H](C)O)NC(=O)[C@H]([C@H](O)[C@@H](O)c2ccc(O)cc2)NC(=O)[C@@H]2C[C@@H](O)CN2C1=O. The molecule has 0 saturated carbocycles. The first-order chi connectivity index (χ1) is 24.5. The van der Waals surface area contributed by atoms with Crippen LogP contribution in [0.5, 0.6) is 5.75 Å². The fraction of sp³-hybridized carbons (Fsp3) is 0.647. The third-order valence-electron chi connectivity index (χ3n) is 9.84. The lowest BCUT2D eigenvalue weighted by molar-refractivity contribution is -0.146. The van der Waals surface area contributed by atoms with Gasteiger partial charge in [0.25, 0.3) is 0 Å². The van der Waals surface area contributed by atoms with E-state index in [9.17, 15) is 54.3 Å². The molecule has 4 rings (SSSR count). The van der Waals surface area contributed by atoms with Crippen LogP contribution in [0.2, 0.25) is 0 Å². The smallest absolute Gasteiger partial charge is 0.248 e. The van der Waals surface area contributed by atoms with Crippen LogP contribution in [0.15, 0.2) is 24.3 Å². The topological polar surface area (TPSA) is 284 Å². The molecule has 18 nitrogen and oxygen atoms in total. The Labute approximate surface area is 301 Å². The van der Waals surface area contributed by atoms with Gasteiger partial charge in [-0.2, -0.15) is 0 Å². The largest absolute Gasteiger partial charge is 0.508 e. The molecule has 11 N–H and O–H groups in total. The van der Waals surface area contributed by atoms with Gasteiger partial charge in [0.15, 0.2) is 0 Å². The Balaban J connectivity index is 1.73. The summed E-state index contributed by atoms with van der Waals surface area (Å²) in [6.45, 7) is 4.63. The minimum atomic E-state index is -2.09. The number of benzene rings is 1. The Morgan fingerprint density at radius 2 is 1.44 bits per heavy atom. The Hall–Kier alpha value is -4.36. The molecule has 52 heavy (non-hydrogen) atoms. The molecule has 3 aliphatic heterocycles. The Morgan fingerprint density at radius 3 is 2.08 bits per heavy atom. The summed E-state index contributed by atoms with van der Waals surface area (Å²) in [5.41, 5.74) is 6.15. The average molecular weight is 734 g/mol. The molecule has 0 spiro atoms. The third-order valence-corrected chi connectivity index (χ3v) is 9.84. The summed E-state index contributed by atoms with van der Waals surface area (Å²) in [6.07, 6.45) is -6.07. The number of carbonyl (C=O) groups is 6. The van der Waals surface area contributed by atoms with Gasteiger partial charge in [0.1, 0.15) is 48.2 Å². The third kappa shape index (κ3) is 9.35. The first kappa shape index (κ1) is 40.4. The van der Waals surface area contributed by atoms with Gasteiger partial charge in [0.05, 0.1) is 18.2 Å². The van der Waals surface area contributed by atoms with Crippen LogP contribution in [0.25, 0.3) is 0 Å². The fourth-order valence-electron chi connectivity index (χ4n) is 6.86. The molecule has 3 saturated heterocycles. The van der Waals surface area contributed by atoms with Crippen molar-refractivity contribution < 1.29 is 54.3 Å². The lowest BCUT2D eigenvalue weighted by Crippen LogP contribution is -2.63. The maximum Gasteiger partial charge on any atom is 0.248 e. The number of fused-ring (bicyclic) bond motifs is 2. The van der Waals surface area contributed by atoms with Crippen LogP contribution in [0.1, 0.15) is 64.5 Å². The predicted molar refractivity (Wildman–Crippen MR) is 182 cm³/mol. The Bertz CT molecular complexity index is 1480. The molecule has 0 unspecified atom stereocenters. The number of phenols is 1. The number of aliphatic hydroxyl groups excluding tert-OH is 4. The average Bonchev–Trinajstić information content (AvgIpc) is 3.70. The van der Waals surface area contributed by atoms with Crippen LogP contribution in [0.3, 0.4) is 0 Å². The number of nitrogens with one attached hydrogen (secondary N) is 4. The summed E-state index contributed by atoms with van der Waals surface area (Å²) in [5.74, 6) is -5.13. The van der Waals surface area contributed by atoms with Crippen molar-refractivity contribution in [2.24, 2.45) is 11.7 Å². The van der Waals surface area contributed by atoms with Gasteiger partial charge in [-0.15, -0.1) is 0 Å². The van der Waals surface area contributed by atoms with Gasteiger partial charge in [0, 0.05) is 26.1 Å². The maximum atomic E-state index is 14.0. The highest BCUT2D eigenvalue weighted by molar-refractivity contribution is 5.97. The van der Waals surface area contributed by atoms with E-state index in [1.165, 1.54) is 36.1 Å². The van der Waals surface area contributed by atoms with Crippen LogP contribution in [0, 0.1) is 5.92 Å². The number of hydrogen-bond acceptors (Lipinski definition) is 12. The summed E-state index contributed by atoms with van der Waals surface area (Å²) in [5, 5.41) is 63.6. The maximum absolute atomic E-state index is 14.0. The molecule has 0 radical (unpaired) electrons. The van der Waals surface area contributed by atoms with E-state index in [1.54, 1.807) is 6.92 Å². The monoisotopic (exact) mass is 733 g/mol. The fourth-order valence-corrected chi connectivity index (χ4v) is 6.86. The minimum Gasteiger partial charge on any atom is -0.508 e. The zero-order chi connectivity index (χ0) is 38.4. The minimum absolute atomic E-state index is 0.0469. The van der Waals surface area contributed by atoms with Crippen molar-refractivity contribution in [1.82, 2.24) is 31.1 Å². The van der Waals surface area contributed by atoms with Crippen molar-refractivity contribution in [3.8, 4) is 5.75 Å². The van der Waals surface area contributed by atoms with Crippen LogP contribution in [-0.4, -0.2) is 145 Å². The summed E-state index contributed by atoms with van der Waals surface area (Å²) in [7, 11) is 0. The molecule has 6 amide bonds. The number of aromatic hydroxyl groups is 1. The lowest BCUT2D eigenvalue weighted by Gasteiger charge is -2.33. The highest BCUT2D eigenvalue weighted by atomic mass is 16.3. The summed E-state index contributed by atoms with van der Waals surface area (Å²) < 4.78 is 0. The van der Waals surface area contributed by atoms with Gasteiger partial charge in [-0.25, -0.2) is 0 Å². The van der Waals surface area contributed by atoms with Crippen LogP contribution in [-0.2, 0) is 28.8 Å². The molecule has 3 aliphatic rings.